The summed E-state index contributed by atoms with van der Waals surface area (Å²) in [5.41, 5.74) is 0. The minimum absolute atomic E-state index is 0.481. The number of hydrogen-bond acceptors (Lipinski definition) is 3. The Morgan fingerprint density at radius 2 is 1.90 bits per heavy atom. The summed E-state index contributed by atoms with van der Waals surface area (Å²) in [6.07, 6.45) is -0.481. The lowest BCUT2D eigenvalue weighted by atomic mass is 10.1. The molecule has 58 valence electrons. The molecule has 5 heteroatoms. The topological polar surface area (TPSA) is 74.6 Å². The molecule has 10 heavy (non-hydrogen) atoms. The van der Waals surface area contributed by atoms with Crippen LogP contribution < -0.4 is 0 Å². The molecule has 0 fully saturated rings. The lowest BCUT2D eigenvalue weighted by Crippen LogP contribution is -2.31. The summed E-state index contributed by atoms with van der Waals surface area (Å²) in [7, 11) is 0. The van der Waals surface area contributed by atoms with Crippen molar-refractivity contribution in [2.75, 3.05) is 0 Å². The Morgan fingerprint density at radius 3 is 2.00 bits per heavy atom. The molecule has 0 saturated carbocycles. The SMILES string of the molecule is CC(S)(CC(=O)O)C(=O)O. The second kappa shape index (κ2) is 2.92. The molecular formula is C5H8O4S. The molecule has 2 N–H and O–H groups in total. The van der Waals surface area contributed by atoms with Gasteiger partial charge in [-0.25, -0.2) is 0 Å². The van der Waals surface area contributed by atoms with E-state index in [9.17, 15) is 9.59 Å². The summed E-state index contributed by atoms with van der Waals surface area (Å²) in [5.74, 6) is -2.39. The first-order chi connectivity index (χ1) is 4.36. The number of hydrogen-bond donors (Lipinski definition) is 3. The first-order valence-corrected chi connectivity index (χ1v) is 2.98. The van der Waals surface area contributed by atoms with E-state index >= 15 is 0 Å². The highest BCUT2D eigenvalue weighted by atomic mass is 32.1. The van der Waals surface area contributed by atoms with Crippen molar-refractivity contribution in [1.82, 2.24) is 0 Å². The molecule has 0 heterocycles. The van der Waals surface area contributed by atoms with Crippen LogP contribution in [-0.4, -0.2) is 26.9 Å². The molecule has 0 aliphatic carbocycles. The van der Waals surface area contributed by atoms with E-state index in [1.807, 2.05) is 0 Å². The maximum atomic E-state index is 10.2. The Kier molecular flexibility index (Phi) is 2.71. The van der Waals surface area contributed by atoms with Crippen molar-refractivity contribution in [3.8, 4) is 0 Å². The molecule has 0 radical (unpaired) electrons. The fourth-order valence-electron chi connectivity index (χ4n) is 0.370. The predicted molar refractivity (Wildman–Crippen MR) is 37.3 cm³/mol. The highest BCUT2D eigenvalue weighted by molar-refractivity contribution is 7.82. The molecule has 1 atom stereocenters. The first kappa shape index (κ1) is 9.29. The minimum Gasteiger partial charge on any atom is -0.481 e. The quantitative estimate of drug-likeness (QED) is 0.522. The van der Waals surface area contributed by atoms with Gasteiger partial charge in [-0.1, -0.05) is 0 Å². The summed E-state index contributed by atoms with van der Waals surface area (Å²) < 4.78 is -1.47. The van der Waals surface area contributed by atoms with Crippen LogP contribution in [0.3, 0.4) is 0 Å². The average molecular weight is 164 g/mol. The van der Waals surface area contributed by atoms with Crippen LogP contribution in [-0.2, 0) is 9.59 Å². The average Bonchev–Trinajstić information content (AvgIpc) is 1.60. The van der Waals surface area contributed by atoms with Gasteiger partial charge in [0.1, 0.15) is 4.75 Å². The zero-order valence-corrected chi connectivity index (χ0v) is 6.26. The number of carbonyl (C=O) groups is 2. The van der Waals surface area contributed by atoms with Crippen LogP contribution in [0.1, 0.15) is 13.3 Å². The second-order valence-corrected chi connectivity index (χ2v) is 3.14. The number of thiol groups is 1. The summed E-state index contributed by atoms with van der Waals surface area (Å²) in [4.78, 5) is 20.2. The highest BCUT2D eigenvalue weighted by Crippen LogP contribution is 2.17. The number of aliphatic carboxylic acids is 2. The highest BCUT2D eigenvalue weighted by Gasteiger charge is 2.31. The van der Waals surface area contributed by atoms with Crippen LogP contribution in [0.2, 0.25) is 0 Å². The molecule has 0 aliphatic rings. The van der Waals surface area contributed by atoms with Gasteiger partial charge >= 0.3 is 11.9 Å². The monoisotopic (exact) mass is 164 g/mol. The molecule has 0 aromatic heterocycles. The molecule has 0 aromatic carbocycles. The third-order valence-electron chi connectivity index (χ3n) is 0.956. The molecule has 0 saturated heterocycles. The van der Waals surface area contributed by atoms with E-state index < -0.39 is 23.1 Å². The van der Waals surface area contributed by atoms with Gasteiger partial charge in [0.25, 0.3) is 0 Å². The Hall–Kier alpha value is -0.710. The van der Waals surface area contributed by atoms with E-state index in [-0.39, 0.29) is 0 Å². The second-order valence-electron chi connectivity index (χ2n) is 2.15. The van der Waals surface area contributed by atoms with Crippen molar-refractivity contribution in [2.24, 2.45) is 0 Å². The van der Waals surface area contributed by atoms with E-state index in [0.29, 0.717) is 0 Å². The number of carboxylic acid groups (broad SMARTS) is 2. The lowest BCUT2D eigenvalue weighted by Gasteiger charge is -2.13. The number of carboxylic acids is 2. The Labute approximate surface area is 63.3 Å². The molecule has 1 unspecified atom stereocenters. The smallest absolute Gasteiger partial charge is 0.319 e. The molecule has 0 aromatic rings. The molecule has 0 spiro atoms. The minimum atomic E-state index is -1.47. The van der Waals surface area contributed by atoms with Crippen molar-refractivity contribution in [3.63, 3.8) is 0 Å². The van der Waals surface area contributed by atoms with Gasteiger partial charge in [0.15, 0.2) is 0 Å². The maximum Gasteiger partial charge on any atom is 0.319 e. The van der Waals surface area contributed by atoms with Crippen LogP contribution >= 0.6 is 12.6 Å². The first-order valence-electron chi connectivity index (χ1n) is 2.54. The summed E-state index contributed by atoms with van der Waals surface area (Å²) in [6.45, 7) is 1.24. The Bertz CT molecular complexity index is 163. The van der Waals surface area contributed by atoms with Crippen molar-refractivity contribution in [3.05, 3.63) is 0 Å². The van der Waals surface area contributed by atoms with Crippen molar-refractivity contribution in [2.45, 2.75) is 18.1 Å². The zero-order valence-electron chi connectivity index (χ0n) is 5.37. The van der Waals surface area contributed by atoms with Crippen molar-refractivity contribution < 1.29 is 19.8 Å². The van der Waals surface area contributed by atoms with Crippen LogP contribution in [0.4, 0.5) is 0 Å². The molecular weight excluding hydrogens is 156 g/mol. The lowest BCUT2D eigenvalue weighted by molar-refractivity contribution is -0.145. The van der Waals surface area contributed by atoms with E-state index in [4.69, 9.17) is 10.2 Å². The van der Waals surface area contributed by atoms with Gasteiger partial charge in [-0.15, -0.1) is 0 Å². The van der Waals surface area contributed by atoms with Crippen LogP contribution in [0, 0.1) is 0 Å². The molecule has 0 bridgehead atoms. The largest absolute Gasteiger partial charge is 0.481 e. The van der Waals surface area contributed by atoms with Gasteiger partial charge in [0, 0.05) is 0 Å². The van der Waals surface area contributed by atoms with Crippen LogP contribution in [0.25, 0.3) is 0 Å². The van der Waals surface area contributed by atoms with E-state index in [0.717, 1.165) is 0 Å². The van der Waals surface area contributed by atoms with E-state index in [2.05, 4.69) is 12.6 Å². The molecule has 0 rings (SSSR count). The van der Waals surface area contributed by atoms with Gasteiger partial charge < -0.3 is 10.2 Å². The van der Waals surface area contributed by atoms with Crippen LogP contribution in [0.5, 0.6) is 0 Å². The summed E-state index contributed by atoms with van der Waals surface area (Å²) in [5, 5.41) is 16.5. The van der Waals surface area contributed by atoms with Crippen LogP contribution in [0.15, 0.2) is 0 Å². The molecule has 0 aliphatic heterocycles. The van der Waals surface area contributed by atoms with E-state index in [1.165, 1.54) is 6.92 Å². The normalized spacial score (nSPS) is 15.8. The summed E-state index contributed by atoms with van der Waals surface area (Å²) >= 11 is 3.64. The van der Waals surface area contributed by atoms with Gasteiger partial charge in [-0.3, -0.25) is 9.59 Å². The van der Waals surface area contributed by atoms with E-state index in [1.54, 1.807) is 0 Å². The summed E-state index contributed by atoms with van der Waals surface area (Å²) in [6, 6.07) is 0. The van der Waals surface area contributed by atoms with Gasteiger partial charge in [0.05, 0.1) is 6.42 Å². The maximum absolute atomic E-state index is 10.2. The number of rotatable bonds is 3. The van der Waals surface area contributed by atoms with Gasteiger partial charge in [0.2, 0.25) is 0 Å². The third-order valence-corrected chi connectivity index (χ3v) is 1.31. The molecule has 0 amide bonds. The zero-order chi connectivity index (χ0) is 8.36. The molecule has 4 nitrogen and oxygen atoms in total. The fourth-order valence-corrected chi connectivity index (χ4v) is 0.505. The van der Waals surface area contributed by atoms with Gasteiger partial charge in [-0.2, -0.15) is 12.6 Å². The standard InChI is InChI=1S/C5H8O4S/c1-5(10,4(8)9)2-3(6)7/h10H,2H2,1H3,(H,6,7)(H,8,9). The van der Waals surface area contributed by atoms with Crippen molar-refractivity contribution >= 4 is 24.6 Å². The Morgan fingerprint density at radius 1 is 1.50 bits per heavy atom. The third kappa shape index (κ3) is 2.72. The predicted octanol–water partition coefficient (Wildman–Crippen LogP) is 0.234. The fraction of sp³-hybridized carbons (Fsp3) is 0.600. The van der Waals surface area contributed by atoms with Gasteiger partial charge in [-0.05, 0) is 6.92 Å². The Balaban J connectivity index is 4.13. The van der Waals surface area contributed by atoms with Crippen molar-refractivity contribution in [1.29, 1.82) is 0 Å².